The molecule has 0 aromatic carbocycles. The van der Waals surface area contributed by atoms with E-state index in [4.69, 9.17) is 18.5 Å². The average molecular weight is 756 g/mol. The number of hydrogen-bond donors (Lipinski definition) is 0. The summed E-state index contributed by atoms with van der Waals surface area (Å²) in [6.07, 6.45) is 37.4. The Balaban J connectivity index is 4.41. The molecule has 0 aromatic rings. The molecule has 0 fully saturated rings. The molecule has 304 valence electrons. The Hall–Kier alpha value is -1.77. The first kappa shape index (κ1) is 50.2. The Labute approximate surface area is 319 Å². The predicted molar refractivity (Wildman–Crippen MR) is 213 cm³/mol. The van der Waals surface area contributed by atoms with Crippen LogP contribution >= 0.6 is 7.82 Å². The Morgan fingerprint density at radius 2 is 1.04 bits per heavy atom. The van der Waals surface area contributed by atoms with Gasteiger partial charge in [0.2, 0.25) is 0 Å². The lowest BCUT2D eigenvalue weighted by Crippen LogP contribution is -2.37. The molecule has 0 aliphatic carbocycles. The van der Waals surface area contributed by atoms with Crippen molar-refractivity contribution in [2.24, 2.45) is 0 Å². The van der Waals surface area contributed by atoms with E-state index in [1.54, 1.807) is 0 Å². The molecule has 0 aromatic heterocycles. The molecular weight excluding hydrogens is 677 g/mol. The lowest BCUT2D eigenvalue weighted by atomic mass is 10.1. The van der Waals surface area contributed by atoms with Gasteiger partial charge in [-0.3, -0.25) is 14.2 Å². The van der Waals surface area contributed by atoms with Gasteiger partial charge in [0.05, 0.1) is 27.7 Å². The van der Waals surface area contributed by atoms with E-state index in [9.17, 15) is 19.0 Å². The SMILES string of the molecule is CCCCC/C=C/C/C=C/C/C=C/CCCCCCC(=O)OC[C@@H](COP(=O)([O-])OCC[N+](C)(C)C)OC(=O)CCCCCCCCCCCCC. The number of quaternary nitrogens is 1. The zero-order valence-corrected chi connectivity index (χ0v) is 34.9. The highest BCUT2D eigenvalue weighted by Gasteiger charge is 2.21. The lowest BCUT2D eigenvalue weighted by molar-refractivity contribution is -0.870. The fraction of sp³-hybridized carbons (Fsp3) is 0.810. The minimum atomic E-state index is -4.62. The van der Waals surface area contributed by atoms with E-state index in [2.05, 4.69) is 50.3 Å². The Morgan fingerprint density at radius 1 is 0.596 bits per heavy atom. The summed E-state index contributed by atoms with van der Waals surface area (Å²) in [6.45, 7) is 4.15. The summed E-state index contributed by atoms with van der Waals surface area (Å²) in [6, 6.07) is 0. The first-order chi connectivity index (χ1) is 25.0. The van der Waals surface area contributed by atoms with Crippen molar-refractivity contribution in [3.05, 3.63) is 36.5 Å². The lowest BCUT2D eigenvalue weighted by Gasteiger charge is -2.28. The van der Waals surface area contributed by atoms with E-state index < -0.39 is 32.5 Å². The summed E-state index contributed by atoms with van der Waals surface area (Å²) in [5.41, 5.74) is 0. The molecule has 0 bridgehead atoms. The van der Waals surface area contributed by atoms with Gasteiger partial charge in [-0.25, -0.2) is 0 Å². The van der Waals surface area contributed by atoms with Crippen molar-refractivity contribution in [3.63, 3.8) is 0 Å². The first-order valence-electron chi connectivity index (χ1n) is 20.7. The molecule has 0 aliphatic rings. The quantitative estimate of drug-likeness (QED) is 0.0203. The summed E-state index contributed by atoms with van der Waals surface area (Å²) in [5.74, 6) is -0.860. The maximum atomic E-state index is 12.6. The van der Waals surface area contributed by atoms with Gasteiger partial charge in [0.25, 0.3) is 7.82 Å². The number of unbranched alkanes of at least 4 members (excludes halogenated alkanes) is 17. The Kier molecular flexibility index (Phi) is 33.8. The van der Waals surface area contributed by atoms with Crippen LogP contribution in [0.3, 0.4) is 0 Å². The smallest absolute Gasteiger partial charge is 0.306 e. The third kappa shape index (κ3) is 38.0. The number of hydrogen-bond acceptors (Lipinski definition) is 8. The Morgan fingerprint density at radius 3 is 1.58 bits per heavy atom. The van der Waals surface area contributed by atoms with Gasteiger partial charge in [-0.2, -0.15) is 0 Å². The van der Waals surface area contributed by atoms with Crippen LogP contribution in [0.25, 0.3) is 0 Å². The van der Waals surface area contributed by atoms with Crippen LogP contribution in [0.5, 0.6) is 0 Å². The second-order valence-corrected chi connectivity index (χ2v) is 16.4. The van der Waals surface area contributed by atoms with Gasteiger partial charge in [0, 0.05) is 12.8 Å². The minimum Gasteiger partial charge on any atom is -0.756 e. The Bertz CT molecular complexity index is 991. The predicted octanol–water partition coefficient (Wildman–Crippen LogP) is 10.7. The summed E-state index contributed by atoms with van der Waals surface area (Å²) >= 11 is 0. The van der Waals surface area contributed by atoms with Crippen LogP contribution in [0, 0.1) is 0 Å². The monoisotopic (exact) mass is 756 g/mol. The van der Waals surface area contributed by atoms with Crippen LogP contribution in [-0.4, -0.2) is 70.0 Å². The van der Waals surface area contributed by atoms with Crippen LogP contribution in [0.4, 0.5) is 0 Å². The molecule has 0 radical (unpaired) electrons. The van der Waals surface area contributed by atoms with E-state index in [0.29, 0.717) is 23.9 Å². The molecule has 52 heavy (non-hydrogen) atoms. The molecule has 0 spiro atoms. The molecule has 0 heterocycles. The highest BCUT2D eigenvalue weighted by molar-refractivity contribution is 7.45. The van der Waals surface area contributed by atoms with Crippen LogP contribution < -0.4 is 4.89 Å². The van der Waals surface area contributed by atoms with Crippen LogP contribution in [-0.2, 0) is 32.7 Å². The van der Waals surface area contributed by atoms with Gasteiger partial charge >= 0.3 is 11.9 Å². The molecular formula is C42H78NO8P. The first-order valence-corrected chi connectivity index (χ1v) is 22.2. The van der Waals surface area contributed by atoms with E-state index in [1.807, 2.05) is 21.1 Å². The number of esters is 2. The van der Waals surface area contributed by atoms with Crippen LogP contribution in [0.1, 0.15) is 168 Å². The largest absolute Gasteiger partial charge is 0.756 e. The fourth-order valence-corrected chi connectivity index (χ4v) is 6.09. The van der Waals surface area contributed by atoms with Crippen molar-refractivity contribution in [2.75, 3.05) is 47.5 Å². The molecule has 0 rings (SSSR count). The number of rotatable bonds is 37. The topological polar surface area (TPSA) is 111 Å². The number of nitrogens with zero attached hydrogens (tertiary/aromatic N) is 1. The fourth-order valence-electron chi connectivity index (χ4n) is 5.37. The van der Waals surface area contributed by atoms with E-state index in [1.165, 1.54) is 70.6 Å². The van der Waals surface area contributed by atoms with E-state index in [-0.39, 0.29) is 26.1 Å². The zero-order chi connectivity index (χ0) is 38.6. The average Bonchev–Trinajstić information content (AvgIpc) is 3.09. The number of carbonyl (C=O) groups is 2. The number of ether oxygens (including phenoxy) is 2. The number of carbonyl (C=O) groups excluding carboxylic acids is 2. The summed E-state index contributed by atoms with van der Waals surface area (Å²) < 4.78 is 33.8. The van der Waals surface area contributed by atoms with Crippen molar-refractivity contribution >= 4 is 19.8 Å². The summed E-state index contributed by atoms with van der Waals surface area (Å²) in [5, 5.41) is 0. The molecule has 0 amide bonds. The highest BCUT2D eigenvalue weighted by Crippen LogP contribution is 2.38. The molecule has 9 nitrogen and oxygen atoms in total. The van der Waals surface area contributed by atoms with Gasteiger partial charge < -0.3 is 27.9 Å². The molecule has 1 unspecified atom stereocenters. The maximum absolute atomic E-state index is 12.6. The van der Waals surface area contributed by atoms with Gasteiger partial charge in [0.1, 0.15) is 19.8 Å². The molecule has 0 saturated carbocycles. The van der Waals surface area contributed by atoms with Crippen molar-refractivity contribution < 1.29 is 42.1 Å². The summed E-state index contributed by atoms with van der Waals surface area (Å²) in [7, 11) is 1.15. The standard InChI is InChI=1S/C42H78NO8P/c1-6-8-10-12-14-16-18-19-20-21-22-23-25-26-28-30-32-34-41(44)48-38-40(39-50-52(46,47)49-37-36-43(3,4)5)51-42(45)35-33-31-29-27-24-17-15-13-11-9-7-2/h14,16,19-20,22-23,40H,6-13,15,17-18,21,24-39H2,1-5H3/b16-14+,20-19+,23-22+/t40-/m0/s1. The van der Waals surface area contributed by atoms with Gasteiger partial charge in [0.15, 0.2) is 6.10 Å². The van der Waals surface area contributed by atoms with Gasteiger partial charge in [-0.1, -0.05) is 140 Å². The van der Waals surface area contributed by atoms with Crippen molar-refractivity contribution in [1.29, 1.82) is 0 Å². The van der Waals surface area contributed by atoms with E-state index in [0.717, 1.165) is 57.8 Å². The number of phosphoric acid groups is 1. The van der Waals surface area contributed by atoms with Crippen molar-refractivity contribution in [1.82, 2.24) is 0 Å². The van der Waals surface area contributed by atoms with Crippen LogP contribution in [0.15, 0.2) is 36.5 Å². The number of allylic oxidation sites excluding steroid dienone is 6. The molecule has 10 heteroatoms. The molecule has 2 atom stereocenters. The number of likely N-dealkylation sites (N-methyl/N-ethyl adjacent to an activating group) is 1. The van der Waals surface area contributed by atoms with E-state index >= 15 is 0 Å². The van der Waals surface area contributed by atoms with Gasteiger partial charge in [-0.15, -0.1) is 0 Å². The third-order valence-corrected chi connectivity index (χ3v) is 9.63. The zero-order valence-electron chi connectivity index (χ0n) is 34.0. The number of phosphoric ester groups is 1. The maximum Gasteiger partial charge on any atom is 0.306 e. The minimum absolute atomic E-state index is 0.0342. The normalized spacial score (nSPS) is 14.0. The highest BCUT2D eigenvalue weighted by atomic mass is 31.2. The molecule has 0 aliphatic heterocycles. The second kappa shape index (κ2) is 35.0. The van der Waals surface area contributed by atoms with Crippen molar-refractivity contribution in [2.45, 2.75) is 174 Å². The van der Waals surface area contributed by atoms with Crippen LogP contribution in [0.2, 0.25) is 0 Å². The second-order valence-electron chi connectivity index (χ2n) is 15.0. The molecule has 0 saturated heterocycles. The van der Waals surface area contributed by atoms with Gasteiger partial charge in [-0.05, 0) is 51.4 Å². The van der Waals surface area contributed by atoms with Crippen molar-refractivity contribution in [3.8, 4) is 0 Å². The third-order valence-electron chi connectivity index (χ3n) is 8.66. The molecule has 0 N–H and O–H groups in total. The summed E-state index contributed by atoms with van der Waals surface area (Å²) in [4.78, 5) is 37.4.